The molecule has 2 aromatic carbocycles. The molecule has 1 fully saturated rings. The summed E-state index contributed by atoms with van der Waals surface area (Å²) >= 11 is 5.89. The number of amides is 1. The van der Waals surface area contributed by atoms with Gasteiger partial charge >= 0.3 is 0 Å². The molecule has 1 unspecified atom stereocenters. The molecule has 4 rings (SSSR count). The Hall–Kier alpha value is -2.48. The van der Waals surface area contributed by atoms with Crippen molar-refractivity contribution < 1.29 is 19.0 Å². The van der Waals surface area contributed by atoms with Crippen LogP contribution in [0.2, 0.25) is 5.02 Å². The number of halogens is 1. The molecule has 1 saturated heterocycles. The van der Waals surface area contributed by atoms with Gasteiger partial charge in [-0.05, 0) is 43.3 Å². The van der Waals surface area contributed by atoms with E-state index in [1.54, 1.807) is 6.07 Å². The van der Waals surface area contributed by atoms with Gasteiger partial charge < -0.3 is 19.5 Å². The van der Waals surface area contributed by atoms with Gasteiger partial charge in [-0.15, -0.1) is 0 Å². The highest BCUT2D eigenvalue weighted by Crippen LogP contribution is 2.34. The third kappa shape index (κ3) is 5.16. The van der Waals surface area contributed by atoms with Gasteiger partial charge in [0, 0.05) is 49.5 Å². The van der Waals surface area contributed by atoms with E-state index in [1.807, 2.05) is 43.3 Å². The number of fused-ring (bicyclic) bond motifs is 1. The van der Waals surface area contributed by atoms with Gasteiger partial charge in [-0.3, -0.25) is 14.6 Å². The van der Waals surface area contributed by atoms with Crippen LogP contribution in [-0.2, 0) is 4.79 Å². The zero-order chi connectivity index (χ0) is 20.9. The molecule has 0 aliphatic carbocycles. The molecule has 0 spiro atoms. The first-order valence-electron chi connectivity index (χ1n) is 10.1. The second kappa shape index (κ2) is 9.55. The van der Waals surface area contributed by atoms with Crippen molar-refractivity contribution in [1.29, 1.82) is 0 Å². The van der Waals surface area contributed by atoms with Crippen LogP contribution in [0.3, 0.4) is 0 Å². The minimum absolute atomic E-state index is 0.0200. The maximum Gasteiger partial charge on any atom is 0.241 e. The summed E-state index contributed by atoms with van der Waals surface area (Å²) in [5, 5.41) is 3.68. The summed E-state index contributed by atoms with van der Waals surface area (Å²) < 4.78 is 16.5. The highest BCUT2D eigenvalue weighted by Gasteiger charge is 2.26. The quantitative estimate of drug-likeness (QED) is 0.726. The van der Waals surface area contributed by atoms with Crippen LogP contribution >= 0.6 is 11.6 Å². The molecule has 0 aromatic heterocycles. The SMILES string of the molecule is CC(C(=O)Nc1ccc2c(c1)OCO2)N1CCN(CCOc2ccc(Cl)cc2)CC1. The van der Waals surface area contributed by atoms with Crippen molar-refractivity contribution in [3.8, 4) is 17.2 Å². The summed E-state index contributed by atoms with van der Waals surface area (Å²) in [6.45, 7) is 7.15. The zero-order valence-electron chi connectivity index (χ0n) is 17.0. The average molecular weight is 432 g/mol. The van der Waals surface area contributed by atoms with Gasteiger partial charge in [0.05, 0.1) is 6.04 Å². The molecule has 1 amide bonds. The van der Waals surface area contributed by atoms with Gasteiger partial charge in [0.2, 0.25) is 12.7 Å². The number of benzene rings is 2. The first-order valence-corrected chi connectivity index (χ1v) is 10.5. The van der Waals surface area contributed by atoms with Crippen LogP contribution in [0, 0.1) is 0 Å². The van der Waals surface area contributed by atoms with E-state index in [0.29, 0.717) is 28.8 Å². The number of anilines is 1. The number of piperazine rings is 1. The third-order valence-electron chi connectivity index (χ3n) is 5.46. The van der Waals surface area contributed by atoms with E-state index in [-0.39, 0.29) is 18.7 Å². The molecule has 8 heteroatoms. The number of ether oxygens (including phenoxy) is 3. The van der Waals surface area contributed by atoms with Crippen molar-refractivity contribution in [2.24, 2.45) is 0 Å². The van der Waals surface area contributed by atoms with E-state index in [9.17, 15) is 4.79 Å². The predicted molar refractivity (Wildman–Crippen MR) is 116 cm³/mol. The van der Waals surface area contributed by atoms with Gasteiger partial charge in [0.1, 0.15) is 12.4 Å². The Morgan fingerprint density at radius 2 is 1.83 bits per heavy atom. The molecule has 1 atom stereocenters. The topological polar surface area (TPSA) is 63.3 Å². The van der Waals surface area contributed by atoms with E-state index in [1.165, 1.54) is 0 Å². The molecule has 2 aliphatic rings. The summed E-state index contributed by atoms with van der Waals surface area (Å²) in [5.41, 5.74) is 0.717. The smallest absolute Gasteiger partial charge is 0.241 e. The molecule has 30 heavy (non-hydrogen) atoms. The van der Waals surface area contributed by atoms with Crippen LogP contribution in [0.15, 0.2) is 42.5 Å². The van der Waals surface area contributed by atoms with Crippen LogP contribution in [0.5, 0.6) is 17.2 Å². The lowest BCUT2D eigenvalue weighted by Crippen LogP contribution is -2.53. The second-order valence-corrected chi connectivity index (χ2v) is 7.85. The minimum Gasteiger partial charge on any atom is -0.492 e. The molecule has 2 aliphatic heterocycles. The molecule has 2 aromatic rings. The van der Waals surface area contributed by atoms with Crippen LogP contribution in [0.1, 0.15) is 6.92 Å². The molecule has 0 bridgehead atoms. The number of carbonyl (C=O) groups excluding carboxylic acids is 1. The van der Waals surface area contributed by atoms with Gasteiger partial charge in [-0.1, -0.05) is 11.6 Å². The molecule has 160 valence electrons. The normalized spacial score (nSPS) is 17.5. The van der Waals surface area contributed by atoms with Crippen molar-refractivity contribution in [1.82, 2.24) is 9.80 Å². The van der Waals surface area contributed by atoms with Crippen LogP contribution in [0.25, 0.3) is 0 Å². The lowest BCUT2D eigenvalue weighted by molar-refractivity contribution is -0.121. The van der Waals surface area contributed by atoms with Gasteiger partial charge in [-0.2, -0.15) is 0 Å². The van der Waals surface area contributed by atoms with Crippen LogP contribution in [-0.4, -0.2) is 67.9 Å². The number of nitrogens with one attached hydrogen (secondary N) is 1. The molecule has 0 saturated carbocycles. The minimum atomic E-state index is -0.206. The van der Waals surface area contributed by atoms with Gasteiger partial charge in [-0.25, -0.2) is 0 Å². The Morgan fingerprint density at radius 1 is 1.10 bits per heavy atom. The summed E-state index contributed by atoms with van der Waals surface area (Å²) in [6, 6.07) is 12.6. The summed E-state index contributed by atoms with van der Waals surface area (Å²) in [7, 11) is 0. The molecular weight excluding hydrogens is 406 g/mol. The lowest BCUT2D eigenvalue weighted by atomic mass is 10.2. The monoisotopic (exact) mass is 431 g/mol. The lowest BCUT2D eigenvalue weighted by Gasteiger charge is -2.37. The maximum absolute atomic E-state index is 12.7. The molecule has 1 N–H and O–H groups in total. The van der Waals surface area contributed by atoms with Gasteiger partial charge in [0.25, 0.3) is 0 Å². The summed E-state index contributed by atoms with van der Waals surface area (Å²) in [5.74, 6) is 2.17. The first-order chi connectivity index (χ1) is 14.6. The highest BCUT2D eigenvalue weighted by molar-refractivity contribution is 6.30. The summed E-state index contributed by atoms with van der Waals surface area (Å²) in [6.07, 6.45) is 0. The second-order valence-electron chi connectivity index (χ2n) is 7.41. The van der Waals surface area contributed by atoms with Crippen molar-refractivity contribution in [2.45, 2.75) is 13.0 Å². The Labute approximate surface area is 181 Å². The number of nitrogens with zero attached hydrogens (tertiary/aromatic N) is 2. The number of carbonyl (C=O) groups is 1. The largest absolute Gasteiger partial charge is 0.492 e. The standard InChI is InChI=1S/C22H26ClN3O4/c1-16(22(27)24-18-4-7-20-21(14-18)30-15-29-20)26-10-8-25(9-11-26)12-13-28-19-5-2-17(23)3-6-19/h2-7,14,16H,8-13,15H2,1H3,(H,24,27). The fraction of sp³-hybridized carbons (Fsp3) is 0.409. The van der Waals surface area contributed by atoms with E-state index < -0.39 is 0 Å². The Kier molecular flexibility index (Phi) is 6.62. The molecule has 2 heterocycles. The number of rotatable bonds is 7. The average Bonchev–Trinajstić information content (AvgIpc) is 3.23. The zero-order valence-corrected chi connectivity index (χ0v) is 17.7. The Balaban J connectivity index is 1.19. The fourth-order valence-electron chi connectivity index (χ4n) is 3.58. The molecular formula is C22H26ClN3O4. The predicted octanol–water partition coefficient (Wildman–Crippen LogP) is 3.09. The first kappa shape index (κ1) is 20.8. The maximum atomic E-state index is 12.7. The van der Waals surface area contributed by atoms with Crippen molar-refractivity contribution in [3.63, 3.8) is 0 Å². The van der Waals surface area contributed by atoms with E-state index in [0.717, 1.165) is 38.5 Å². The van der Waals surface area contributed by atoms with Crippen molar-refractivity contribution in [2.75, 3.05) is 51.4 Å². The number of hydrogen-bond acceptors (Lipinski definition) is 6. The van der Waals surface area contributed by atoms with E-state index in [2.05, 4.69) is 15.1 Å². The third-order valence-corrected chi connectivity index (χ3v) is 5.72. The van der Waals surface area contributed by atoms with Crippen molar-refractivity contribution >= 4 is 23.2 Å². The highest BCUT2D eigenvalue weighted by atomic mass is 35.5. The fourth-order valence-corrected chi connectivity index (χ4v) is 3.71. The van der Waals surface area contributed by atoms with Gasteiger partial charge in [0.15, 0.2) is 11.5 Å². The van der Waals surface area contributed by atoms with Crippen molar-refractivity contribution in [3.05, 3.63) is 47.5 Å². The number of hydrogen-bond donors (Lipinski definition) is 1. The Bertz CT molecular complexity index is 869. The summed E-state index contributed by atoms with van der Waals surface area (Å²) in [4.78, 5) is 17.2. The molecule has 0 radical (unpaired) electrons. The molecule has 7 nitrogen and oxygen atoms in total. The van der Waals surface area contributed by atoms with Crippen LogP contribution < -0.4 is 19.5 Å². The van der Waals surface area contributed by atoms with Crippen LogP contribution in [0.4, 0.5) is 5.69 Å². The van der Waals surface area contributed by atoms with E-state index >= 15 is 0 Å². The van der Waals surface area contributed by atoms with E-state index in [4.69, 9.17) is 25.8 Å². The Morgan fingerprint density at radius 3 is 2.60 bits per heavy atom.